The molecule has 166 valence electrons. The summed E-state index contributed by atoms with van der Waals surface area (Å²) in [4.78, 5) is 25.4. The Morgan fingerprint density at radius 2 is 1.69 bits per heavy atom. The van der Waals surface area contributed by atoms with Gasteiger partial charge in [-0.3, -0.25) is 0 Å². The van der Waals surface area contributed by atoms with Crippen LogP contribution >= 0.6 is 0 Å². The van der Waals surface area contributed by atoms with Crippen molar-refractivity contribution in [2.24, 2.45) is 0 Å². The average molecular weight is 435 g/mol. The molecule has 32 heavy (non-hydrogen) atoms. The molecule has 7 heteroatoms. The Labute approximate surface area is 186 Å². The van der Waals surface area contributed by atoms with E-state index in [0.29, 0.717) is 6.42 Å². The van der Waals surface area contributed by atoms with Crippen molar-refractivity contribution in [3.63, 3.8) is 0 Å². The molecule has 1 N–H and O–H groups in total. The number of esters is 2. The summed E-state index contributed by atoms with van der Waals surface area (Å²) in [5.41, 5.74) is 1.01. The van der Waals surface area contributed by atoms with E-state index in [-0.39, 0.29) is 11.1 Å². The van der Waals surface area contributed by atoms with Crippen molar-refractivity contribution < 1.29 is 28.5 Å². The zero-order valence-corrected chi connectivity index (χ0v) is 18.2. The molecule has 2 aromatic rings. The maximum absolute atomic E-state index is 12.9. The number of carbonyl (C=O) groups excluding carboxylic acids is 2. The van der Waals surface area contributed by atoms with E-state index in [2.05, 4.69) is 5.32 Å². The molecular weight excluding hydrogens is 410 g/mol. The fraction of sp³-hybridized carbons (Fsp3) is 0.280. The minimum atomic E-state index is -1.20. The van der Waals surface area contributed by atoms with Crippen LogP contribution in [0.1, 0.15) is 5.56 Å². The fourth-order valence-electron chi connectivity index (χ4n) is 4.28. The van der Waals surface area contributed by atoms with Gasteiger partial charge in [0.25, 0.3) is 0 Å². The molecule has 4 rings (SSSR count). The second-order valence-corrected chi connectivity index (χ2v) is 7.58. The molecular formula is C25H25NO6. The van der Waals surface area contributed by atoms with Crippen LogP contribution in [-0.4, -0.2) is 51.0 Å². The standard InChI is InChI=1S/C25H25NO6/c1-29-18-11-9-16(10-12-18)15-20(26-17-7-5-4-6-8-17)25-14-13-19(32-25)21(23(27)30-2)22(25)24(28)31-3/h4-14,19-20,26H,15H2,1-3H3/t19?,20-,25?/m1/s1. The number of anilines is 1. The van der Waals surface area contributed by atoms with E-state index in [0.717, 1.165) is 17.0 Å². The van der Waals surface area contributed by atoms with Crippen LogP contribution in [-0.2, 0) is 30.2 Å². The highest BCUT2D eigenvalue weighted by Crippen LogP contribution is 2.47. The van der Waals surface area contributed by atoms with Gasteiger partial charge in [0.05, 0.1) is 38.5 Å². The lowest BCUT2D eigenvalue weighted by molar-refractivity contribution is -0.139. The number of fused-ring (bicyclic) bond motifs is 2. The SMILES string of the molecule is COC(=O)C1=C(C(=O)OC)C2([C@@H](Cc3ccc(OC)cc3)Nc3ccccc3)C=CC1O2. The van der Waals surface area contributed by atoms with Crippen molar-refractivity contribution in [2.75, 3.05) is 26.6 Å². The summed E-state index contributed by atoms with van der Waals surface area (Å²) >= 11 is 0. The molecule has 0 aromatic heterocycles. The van der Waals surface area contributed by atoms with Gasteiger partial charge in [0, 0.05) is 5.69 Å². The quantitative estimate of drug-likeness (QED) is 0.504. The van der Waals surface area contributed by atoms with Crippen molar-refractivity contribution in [1.82, 2.24) is 0 Å². The molecule has 2 unspecified atom stereocenters. The van der Waals surface area contributed by atoms with Crippen LogP contribution in [0.3, 0.4) is 0 Å². The van der Waals surface area contributed by atoms with Crippen LogP contribution in [0.5, 0.6) is 5.75 Å². The average Bonchev–Trinajstić information content (AvgIpc) is 3.42. The largest absolute Gasteiger partial charge is 0.497 e. The van der Waals surface area contributed by atoms with Gasteiger partial charge < -0.3 is 24.3 Å². The second kappa shape index (κ2) is 8.88. The zero-order valence-electron chi connectivity index (χ0n) is 18.2. The number of hydrogen-bond acceptors (Lipinski definition) is 7. The minimum absolute atomic E-state index is 0.168. The van der Waals surface area contributed by atoms with E-state index in [4.69, 9.17) is 18.9 Å². The lowest BCUT2D eigenvalue weighted by Gasteiger charge is -2.36. The first-order valence-electron chi connectivity index (χ1n) is 10.3. The molecule has 0 saturated carbocycles. The van der Waals surface area contributed by atoms with Crippen LogP contribution in [0, 0.1) is 0 Å². The van der Waals surface area contributed by atoms with E-state index in [1.54, 1.807) is 13.2 Å². The topological polar surface area (TPSA) is 83.1 Å². The van der Waals surface area contributed by atoms with Crippen molar-refractivity contribution in [3.8, 4) is 5.75 Å². The van der Waals surface area contributed by atoms with E-state index < -0.39 is 29.7 Å². The smallest absolute Gasteiger partial charge is 0.337 e. The summed E-state index contributed by atoms with van der Waals surface area (Å²) < 4.78 is 21.6. The number of methoxy groups -OCH3 is 3. The Kier molecular flexibility index (Phi) is 6.01. The monoisotopic (exact) mass is 435 g/mol. The maximum Gasteiger partial charge on any atom is 0.337 e. The van der Waals surface area contributed by atoms with E-state index in [1.807, 2.05) is 60.7 Å². The lowest BCUT2D eigenvalue weighted by Crippen LogP contribution is -2.49. The first-order chi connectivity index (χ1) is 15.5. The number of para-hydroxylation sites is 1. The summed E-state index contributed by atoms with van der Waals surface area (Å²) in [7, 11) is 4.19. The number of nitrogens with one attached hydrogen (secondary N) is 1. The summed E-state index contributed by atoms with van der Waals surface area (Å²) in [6, 6.07) is 16.9. The molecule has 0 radical (unpaired) electrons. The number of rotatable bonds is 8. The van der Waals surface area contributed by atoms with Crippen LogP contribution in [0.2, 0.25) is 0 Å². The molecule has 2 aromatic carbocycles. The first kappa shape index (κ1) is 21.6. The number of hydrogen-bond donors (Lipinski definition) is 1. The Morgan fingerprint density at radius 1 is 1.00 bits per heavy atom. The number of benzene rings is 2. The predicted octanol–water partition coefficient (Wildman–Crippen LogP) is 3.07. The van der Waals surface area contributed by atoms with Crippen molar-refractivity contribution in [2.45, 2.75) is 24.2 Å². The number of carbonyl (C=O) groups is 2. The molecule has 0 fully saturated rings. The number of ether oxygens (including phenoxy) is 4. The highest BCUT2D eigenvalue weighted by atomic mass is 16.6. The van der Waals surface area contributed by atoms with Crippen molar-refractivity contribution in [1.29, 1.82) is 0 Å². The maximum atomic E-state index is 12.9. The van der Waals surface area contributed by atoms with Gasteiger partial charge in [0.1, 0.15) is 17.5 Å². The van der Waals surface area contributed by atoms with Crippen LogP contribution in [0.4, 0.5) is 5.69 Å². The van der Waals surface area contributed by atoms with Gasteiger partial charge in [-0.05, 0) is 42.3 Å². The van der Waals surface area contributed by atoms with Crippen molar-refractivity contribution in [3.05, 3.63) is 83.5 Å². The van der Waals surface area contributed by atoms with Gasteiger partial charge in [-0.1, -0.05) is 36.4 Å². The predicted molar refractivity (Wildman–Crippen MR) is 118 cm³/mol. The Balaban J connectivity index is 1.79. The normalized spacial score (nSPS) is 21.9. The Bertz CT molecular complexity index is 1060. The molecule has 0 amide bonds. The molecule has 0 spiro atoms. The molecule has 7 nitrogen and oxygen atoms in total. The molecule has 0 saturated heterocycles. The minimum Gasteiger partial charge on any atom is -0.497 e. The summed E-state index contributed by atoms with van der Waals surface area (Å²) in [6.45, 7) is 0. The van der Waals surface area contributed by atoms with Gasteiger partial charge in [0.2, 0.25) is 0 Å². The summed E-state index contributed by atoms with van der Waals surface area (Å²) in [5, 5.41) is 3.50. The van der Waals surface area contributed by atoms with E-state index in [1.165, 1.54) is 14.2 Å². The Hall–Kier alpha value is -3.58. The molecule has 2 bridgehead atoms. The zero-order chi connectivity index (χ0) is 22.7. The fourth-order valence-corrected chi connectivity index (χ4v) is 4.28. The molecule has 0 aliphatic carbocycles. The molecule has 2 aliphatic heterocycles. The Morgan fingerprint density at radius 3 is 2.31 bits per heavy atom. The van der Waals surface area contributed by atoms with Crippen LogP contribution in [0.25, 0.3) is 0 Å². The summed E-state index contributed by atoms with van der Waals surface area (Å²) in [6.07, 6.45) is 3.45. The third-order valence-corrected chi connectivity index (χ3v) is 5.81. The van der Waals surface area contributed by atoms with Crippen LogP contribution in [0.15, 0.2) is 77.9 Å². The third kappa shape index (κ3) is 3.76. The van der Waals surface area contributed by atoms with Gasteiger partial charge in [-0.25, -0.2) is 9.59 Å². The molecule has 3 atom stereocenters. The first-order valence-corrected chi connectivity index (χ1v) is 10.3. The van der Waals surface area contributed by atoms with Crippen molar-refractivity contribution >= 4 is 17.6 Å². The molecule has 2 aliphatic rings. The summed E-state index contributed by atoms with van der Waals surface area (Å²) in [5.74, 6) is -0.475. The van der Waals surface area contributed by atoms with Gasteiger partial charge in [-0.15, -0.1) is 0 Å². The highest BCUT2D eigenvalue weighted by molar-refractivity contribution is 6.05. The lowest BCUT2D eigenvalue weighted by atomic mass is 9.79. The van der Waals surface area contributed by atoms with Crippen LogP contribution < -0.4 is 10.1 Å². The van der Waals surface area contributed by atoms with Gasteiger partial charge in [0.15, 0.2) is 0 Å². The third-order valence-electron chi connectivity index (χ3n) is 5.81. The van der Waals surface area contributed by atoms with Gasteiger partial charge >= 0.3 is 11.9 Å². The van der Waals surface area contributed by atoms with E-state index in [9.17, 15) is 9.59 Å². The highest BCUT2D eigenvalue weighted by Gasteiger charge is 2.58. The van der Waals surface area contributed by atoms with Gasteiger partial charge in [-0.2, -0.15) is 0 Å². The van der Waals surface area contributed by atoms with E-state index >= 15 is 0 Å². The second-order valence-electron chi connectivity index (χ2n) is 7.58. The molecule has 2 heterocycles.